The van der Waals surface area contributed by atoms with Gasteiger partial charge in [-0.25, -0.2) is 0 Å². The Labute approximate surface area is 124 Å². The molecule has 2 N–H and O–H groups in total. The van der Waals surface area contributed by atoms with Gasteiger partial charge in [0.2, 0.25) is 5.91 Å². The molecule has 0 aliphatic heterocycles. The average molecular weight is 327 g/mol. The highest BCUT2D eigenvalue weighted by atomic mass is 79.9. The molecular formula is C15H23BrN2O. The first-order valence-electron chi connectivity index (χ1n) is 6.64. The SMILES string of the molecule is CCC(C)(C)NC(=O)C(C)NCc1cccc(Br)c1. The van der Waals surface area contributed by atoms with E-state index in [2.05, 4.69) is 33.5 Å². The van der Waals surface area contributed by atoms with Crippen LogP contribution >= 0.6 is 15.9 Å². The van der Waals surface area contributed by atoms with E-state index in [1.807, 2.05) is 45.0 Å². The Morgan fingerprint density at radius 3 is 2.68 bits per heavy atom. The highest BCUT2D eigenvalue weighted by Gasteiger charge is 2.21. The fraction of sp³-hybridized carbons (Fsp3) is 0.533. The molecule has 0 aliphatic carbocycles. The lowest BCUT2D eigenvalue weighted by molar-refractivity contribution is -0.124. The first kappa shape index (κ1) is 16.2. The summed E-state index contributed by atoms with van der Waals surface area (Å²) in [5, 5.41) is 6.28. The van der Waals surface area contributed by atoms with Gasteiger partial charge in [-0.15, -0.1) is 0 Å². The van der Waals surface area contributed by atoms with Gasteiger partial charge in [0, 0.05) is 16.6 Å². The molecule has 106 valence electrons. The quantitative estimate of drug-likeness (QED) is 0.842. The Kier molecular flexibility index (Phi) is 6.01. The van der Waals surface area contributed by atoms with Crippen molar-refractivity contribution < 1.29 is 4.79 Å². The molecule has 1 rings (SSSR count). The zero-order chi connectivity index (χ0) is 14.5. The molecule has 0 bridgehead atoms. The third-order valence-corrected chi connectivity index (χ3v) is 3.73. The summed E-state index contributed by atoms with van der Waals surface area (Å²) in [7, 11) is 0. The van der Waals surface area contributed by atoms with Gasteiger partial charge in [0.15, 0.2) is 0 Å². The summed E-state index contributed by atoms with van der Waals surface area (Å²) < 4.78 is 1.05. The largest absolute Gasteiger partial charge is 0.350 e. The summed E-state index contributed by atoms with van der Waals surface area (Å²) in [6.07, 6.45) is 0.914. The van der Waals surface area contributed by atoms with Crippen LogP contribution in [-0.2, 0) is 11.3 Å². The molecule has 4 heteroatoms. The minimum atomic E-state index is -0.204. The predicted octanol–water partition coefficient (Wildman–Crippen LogP) is 3.23. The van der Waals surface area contributed by atoms with Gasteiger partial charge in [-0.2, -0.15) is 0 Å². The van der Waals surface area contributed by atoms with E-state index in [1.54, 1.807) is 0 Å². The molecule has 0 saturated heterocycles. The maximum Gasteiger partial charge on any atom is 0.237 e. The van der Waals surface area contributed by atoms with E-state index in [9.17, 15) is 4.79 Å². The third kappa shape index (κ3) is 5.74. The second kappa shape index (κ2) is 7.06. The van der Waals surface area contributed by atoms with Gasteiger partial charge in [-0.1, -0.05) is 35.0 Å². The normalized spacial score (nSPS) is 13.1. The maximum atomic E-state index is 12.0. The monoisotopic (exact) mass is 326 g/mol. The first-order chi connectivity index (χ1) is 8.84. The summed E-state index contributed by atoms with van der Waals surface area (Å²) in [6.45, 7) is 8.71. The van der Waals surface area contributed by atoms with E-state index in [0.29, 0.717) is 6.54 Å². The van der Waals surface area contributed by atoms with Gasteiger partial charge in [-0.3, -0.25) is 4.79 Å². The smallest absolute Gasteiger partial charge is 0.237 e. The predicted molar refractivity (Wildman–Crippen MR) is 83.0 cm³/mol. The van der Waals surface area contributed by atoms with E-state index < -0.39 is 0 Å². The van der Waals surface area contributed by atoms with Gasteiger partial charge in [-0.05, 0) is 44.9 Å². The number of benzene rings is 1. The zero-order valence-corrected chi connectivity index (χ0v) is 13.7. The van der Waals surface area contributed by atoms with Crippen LogP contribution in [0.3, 0.4) is 0 Å². The molecule has 0 radical (unpaired) electrons. The van der Waals surface area contributed by atoms with Crippen LogP contribution in [0.25, 0.3) is 0 Å². The number of rotatable bonds is 6. The molecule has 19 heavy (non-hydrogen) atoms. The van der Waals surface area contributed by atoms with Crippen molar-refractivity contribution in [2.24, 2.45) is 0 Å². The van der Waals surface area contributed by atoms with Gasteiger partial charge < -0.3 is 10.6 Å². The summed E-state index contributed by atoms with van der Waals surface area (Å²) in [6, 6.07) is 7.87. The second-order valence-corrected chi connectivity index (χ2v) is 6.37. The van der Waals surface area contributed by atoms with Crippen LogP contribution in [0, 0.1) is 0 Å². The standard InChI is InChI=1S/C15H23BrN2O/c1-5-15(3,4)18-14(19)11(2)17-10-12-7-6-8-13(16)9-12/h6-9,11,17H,5,10H2,1-4H3,(H,18,19). The van der Waals surface area contributed by atoms with E-state index in [1.165, 1.54) is 0 Å². The van der Waals surface area contributed by atoms with Gasteiger partial charge in [0.1, 0.15) is 0 Å². The highest BCUT2D eigenvalue weighted by Crippen LogP contribution is 2.11. The zero-order valence-electron chi connectivity index (χ0n) is 12.1. The first-order valence-corrected chi connectivity index (χ1v) is 7.43. The summed E-state index contributed by atoms with van der Waals surface area (Å²) in [5.74, 6) is 0.0434. The van der Waals surface area contributed by atoms with Crippen molar-refractivity contribution in [2.45, 2.75) is 52.2 Å². The number of carbonyl (C=O) groups is 1. The Balaban J connectivity index is 2.47. The Morgan fingerprint density at radius 2 is 2.11 bits per heavy atom. The minimum Gasteiger partial charge on any atom is -0.350 e. The van der Waals surface area contributed by atoms with Crippen molar-refractivity contribution in [2.75, 3.05) is 0 Å². The van der Waals surface area contributed by atoms with Crippen molar-refractivity contribution in [3.8, 4) is 0 Å². The van der Waals surface area contributed by atoms with Crippen molar-refractivity contribution in [3.05, 3.63) is 34.3 Å². The lowest BCUT2D eigenvalue weighted by Crippen LogP contribution is -2.50. The van der Waals surface area contributed by atoms with E-state index in [4.69, 9.17) is 0 Å². The van der Waals surface area contributed by atoms with Gasteiger partial charge in [0.25, 0.3) is 0 Å². The summed E-state index contributed by atoms with van der Waals surface area (Å²) >= 11 is 3.44. The van der Waals surface area contributed by atoms with Crippen LogP contribution in [0.1, 0.15) is 39.7 Å². The Hall–Kier alpha value is -0.870. The van der Waals surface area contributed by atoms with E-state index in [-0.39, 0.29) is 17.5 Å². The third-order valence-electron chi connectivity index (χ3n) is 3.24. The molecule has 1 unspecified atom stereocenters. The number of nitrogens with one attached hydrogen (secondary N) is 2. The van der Waals surface area contributed by atoms with Crippen LogP contribution < -0.4 is 10.6 Å². The maximum absolute atomic E-state index is 12.0. The molecule has 1 amide bonds. The number of carbonyl (C=O) groups excluding carboxylic acids is 1. The Bertz CT molecular complexity index is 432. The molecule has 0 heterocycles. The topological polar surface area (TPSA) is 41.1 Å². The minimum absolute atomic E-state index is 0.0434. The van der Waals surface area contributed by atoms with Crippen LogP contribution in [0.4, 0.5) is 0 Å². The molecule has 0 fully saturated rings. The number of amides is 1. The molecule has 1 aromatic carbocycles. The molecule has 0 aliphatic rings. The average Bonchev–Trinajstić information content (AvgIpc) is 2.35. The molecule has 3 nitrogen and oxygen atoms in total. The number of halogens is 1. The lowest BCUT2D eigenvalue weighted by Gasteiger charge is -2.26. The highest BCUT2D eigenvalue weighted by molar-refractivity contribution is 9.10. The van der Waals surface area contributed by atoms with E-state index in [0.717, 1.165) is 16.5 Å². The fourth-order valence-corrected chi connectivity index (χ4v) is 1.99. The van der Waals surface area contributed by atoms with E-state index >= 15 is 0 Å². The molecule has 0 spiro atoms. The van der Waals surface area contributed by atoms with Crippen molar-refractivity contribution in [3.63, 3.8) is 0 Å². The molecule has 1 atom stereocenters. The van der Waals surface area contributed by atoms with Crippen molar-refractivity contribution in [1.29, 1.82) is 0 Å². The summed E-state index contributed by atoms with van der Waals surface area (Å²) in [5.41, 5.74) is 1.01. The number of hydrogen-bond acceptors (Lipinski definition) is 2. The second-order valence-electron chi connectivity index (χ2n) is 5.46. The van der Waals surface area contributed by atoms with Crippen LogP contribution in [0.2, 0.25) is 0 Å². The fourth-order valence-electron chi connectivity index (χ4n) is 1.54. The van der Waals surface area contributed by atoms with Crippen LogP contribution in [0.15, 0.2) is 28.7 Å². The number of hydrogen-bond donors (Lipinski definition) is 2. The van der Waals surface area contributed by atoms with Gasteiger partial charge >= 0.3 is 0 Å². The molecule has 0 saturated carbocycles. The van der Waals surface area contributed by atoms with Crippen LogP contribution in [0.5, 0.6) is 0 Å². The summed E-state index contributed by atoms with van der Waals surface area (Å²) in [4.78, 5) is 12.0. The van der Waals surface area contributed by atoms with Crippen molar-refractivity contribution in [1.82, 2.24) is 10.6 Å². The molecular weight excluding hydrogens is 304 g/mol. The molecule has 1 aromatic rings. The van der Waals surface area contributed by atoms with Crippen molar-refractivity contribution >= 4 is 21.8 Å². The lowest BCUT2D eigenvalue weighted by atomic mass is 10.0. The van der Waals surface area contributed by atoms with Gasteiger partial charge in [0.05, 0.1) is 6.04 Å². The van der Waals surface area contributed by atoms with Crippen LogP contribution in [-0.4, -0.2) is 17.5 Å². The Morgan fingerprint density at radius 1 is 1.42 bits per heavy atom. The molecule has 0 aromatic heterocycles.